The Morgan fingerprint density at radius 2 is 0.980 bits per heavy atom. The number of furan rings is 2. The molecule has 0 fully saturated rings. The summed E-state index contributed by atoms with van der Waals surface area (Å²) in [4.78, 5) is 2.36. The summed E-state index contributed by atoms with van der Waals surface area (Å²) in [5.41, 5.74) is 11.4. The van der Waals surface area contributed by atoms with E-state index >= 15 is 0 Å². The highest BCUT2D eigenvalue weighted by molar-refractivity contribution is 6.16. The fourth-order valence-corrected chi connectivity index (χ4v) is 7.30. The second-order valence-electron chi connectivity index (χ2n) is 12.5. The first-order valence-electron chi connectivity index (χ1n) is 16.6. The molecule has 230 valence electrons. The average molecular weight is 628 g/mol. The lowest BCUT2D eigenvalue weighted by Gasteiger charge is -2.28. The van der Waals surface area contributed by atoms with Gasteiger partial charge in [-0.15, -0.1) is 0 Å². The van der Waals surface area contributed by atoms with Gasteiger partial charge in [-0.25, -0.2) is 0 Å². The first-order chi connectivity index (χ1) is 24.3. The molecule has 0 saturated carbocycles. The van der Waals surface area contributed by atoms with Crippen molar-refractivity contribution in [1.82, 2.24) is 0 Å². The predicted molar refractivity (Wildman–Crippen MR) is 204 cm³/mol. The van der Waals surface area contributed by atoms with Gasteiger partial charge in [-0.3, -0.25) is 0 Å². The van der Waals surface area contributed by atoms with Gasteiger partial charge in [-0.2, -0.15) is 0 Å². The Bertz CT molecular complexity index is 2830. The fourth-order valence-electron chi connectivity index (χ4n) is 7.30. The van der Waals surface area contributed by atoms with Gasteiger partial charge in [0, 0.05) is 43.9 Å². The highest BCUT2D eigenvalue weighted by Crippen LogP contribution is 2.44. The quantitative estimate of drug-likeness (QED) is 0.190. The number of benzene rings is 8. The summed E-state index contributed by atoms with van der Waals surface area (Å²) < 4.78 is 12.7. The van der Waals surface area contributed by atoms with E-state index in [0.29, 0.717) is 0 Å². The molecular weight excluding hydrogens is 599 g/mol. The topological polar surface area (TPSA) is 29.5 Å². The van der Waals surface area contributed by atoms with Crippen molar-refractivity contribution in [3.8, 4) is 22.3 Å². The molecule has 10 aromatic rings. The number of hydrogen-bond donors (Lipinski definition) is 0. The summed E-state index contributed by atoms with van der Waals surface area (Å²) >= 11 is 0. The van der Waals surface area contributed by atoms with Crippen LogP contribution in [0.5, 0.6) is 0 Å². The van der Waals surface area contributed by atoms with E-state index in [1.807, 2.05) is 12.1 Å². The maximum Gasteiger partial charge on any atom is 0.143 e. The molecule has 0 spiro atoms. The summed E-state index contributed by atoms with van der Waals surface area (Å²) in [5.74, 6) is 0. The van der Waals surface area contributed by atoms with Gasteiger partial charge >= 0.3 is 0 Å². The smallest absolute Gasteiger partial charge is 0.143 e. The minimum Gasteiger partial charge on any atom is -0.456 e. The maximum atomic E-state index is 6.47. The third-order valence-electron chi connectivity index (χ3n) is 9.67. The van der Waals surface area contributed by atoms with E-state index in [9.17, 15) is 0 Å². The second kappa shape index (κ2) is 11.0. The number of nitrogens with zero attached hydrogens (tertiary/aromatic N) is 1. The number of fused-ring (bicyclic) bond motifs is 8. The van der Waals surface area contributed by atoms with Gasteiger partial charge in [0.15, 0.2) is 0 Å². The molecule has 0 bridgehead atoms. The Hall–Kier alpha value is -6.58. The largest absolute Gasteiger partial charge is 0.456 e. The molecule has 0 saturated heterocycles. The van der Waals surface area contributed by atoms with Crippen LogP contribution in [0, 0.1) is 0 Å². The number of anilines is 3. The van der Waals surface area contributed by atoms with Crippen molar-refractivity contribution < 1.29 is 8.83 Å². The van der Waals surface area contributed by atoms with Crippen LogP contribution in [0.2, 0.25) is 0 Å². The minimum atomic E-state index is 0.877. The molecule has 0 aliphatic carbocycles. The lowest BCUT2D eigenvalue weighted by Crippen LogP contribution is -2.11. The van der Waals surface area contributed by atoms with Gasteiger partial charge in [-0.1, -0.05) is 115 Å². The monoisotopic (exact) mass is 627 g/mol. The van der Waals surface area contributed by atoms with Crippen molar-refractivity contribution in [1.29, 1.82) is 0 Å². The standard InChI is InChI=1S/C46H29NO2/c1-2-10-30(11-3-1)31-18-22-34(23-19-31)47(35-24-27-44-41(29-35)38-15-7-9-17-43(38)48-44)42-16-8-6-13-36(42)33-21-26-45-40(28-33)39-25-20-32-12-4-5-14-37(32)46(39)49-45/h1-29H. The van der Waals surface area contributed by atoms with Gasteiger partial charge in [-0.05, 0) is 82.7 Å². The van der Waals surface area contributed by atoms with Crippen LogP contribution in [0.3, 0.4) is 0 Å². The molecule has 0 N–H and O–H groups in total. The molecule has 2 heterocycles. The SMILES string of the molecule is c1ccc(-c2ccc(N(c3ccc4oc5ccccc5c4c3)c3ccccc3-c3ccc4oc5c6ccccc6ccc5c4c3)cc2)cc1. The third-order valence-corrected chi connectivity index (χ3v) is 9.67. The van der Waals surface area contributed by atoms with Crippen molar-refractivity contribution in [2.45, 2.75) is 0 Å². The van der Waals surface area contributed by atoms with Crippen LogP contribution in [0.15, 0.2) is 185 Å². The molecule has 0 radical (unpaired) electrons. The van der Waals surface area contributed by atoms with Gasteiger partial charge in [0.05, 0.1) is 5.69 Å². The van der Waals surface area contributed by atoms with Crippen LogP contribution < -0.4 is 4.90 Å². The molecule has 0 unspecified atom stereocenters. The van der Waals surface area contributed by atoms with Gasteiger partial charge in [0.25, 0.3) is 0 Å². The fraction of sp³-hybridized carbons (Fsp3) is 0. The highest BCUT2D eigenvalue weighted by atomic mass is 16.3. The molecule has 3 heteroatoms. The Kier molecular flexibility index (Phi) is 6.18. The van der Waals surface area contributed by atoms with E-state index in [2.05, 4.69) is 169 Å². The zero-order valence-electron chi connectivity index (χ0n) is 26.5. The number of para-hydroxylation sites is 2. The zero-order chi connectivity index (χ0) is 32.3. The molecule has 2 aromatic heterocycles. The van der Waals surface area contributed by atoms with Crippen LogP contribution in [0.1, 0.15) is 0 Å². The lowest BCUT2D eigenvalue weighted by atomic mass is 9.98. The Morgan fingerprint density at radius 3 is 1.88 bits per heavy atom. The molecule has 0 atom stereocenters. The second-order valence-corrected chi connectivity index (χ2v) is 12.5. The summed E-state index contributed by atoms with van der Waals surface area (Å²) in [6.07, 6.45) is 0. The maximum absolute atomic E-state index is 6.47. The van der Waals surface area contributed by atoms with Crippen molar-refractivity contribution in [3.05, 3.63) is 176 Å². The summed E-state index contributed by atoms with van der Waals surface area (Å²) in [6.45, 7) is 0. The van der Waals surface area contributed by atoms with E-state index < -0.39 is 0 Å². The molecule has 49 heavy (non-hydrogen) atoms. The van der Waals surface area contributed by atoms with Crippen molar-refractivity contribution in [2.24, 2.45) is 0 Å². The van der Waals surface area contributed by atoms with Crippen LogP contribution >= 0.6 is 0 Å². The van der Waals surface area contributed by atoms with Crippen molar-refractivity contribution >= 4 is 71.7 Å². The Labute approximate surface area is 282 Å². The zero-order valence-corrected chi connectivity index (χ0v) is 26.5. The predicted octanol–water partition coefficient (Wildman–Crippen LogP) is 13.4. The molecule has 10 rings (SSSR count). The summed E-state index contributed by atoms with van der Waals surface area (Å²) in [5, 5.41) is 6.74. The van der Waals surface area contributed by atoms with Gasteiger partial charge in [0.1, 0.15) is 22.3 Å². The number of hydrogen-bond acceptors (Lipinski definition) is 3. The average Bonchev–Trinajstić information content (AvgIpc) is 3.74. The Morgan fingerprint density at radius 1 is 0.347 bits per heavy atom. The van der Waals surface area contributed by atoms with E-state index in [-0.39, 0.29) is 0 Å². The van der Waals surface area contributed by atoms with E-state index in [1.54, 1.807) is 0 Å². The first-order valence-corrected chi connectivity index (χ1v) is 16.6. The molecule has 3 nitrogen and oxygen atoms in total. The first kappa shape index (κ1) is 27.5. The van der Waals surface area contributed by atoms with Crippen LogP contribution in [0.4, 0.5) is 17.1 Å². The molecule has 0 aliphatic rings. The summed E-state index contributed by atoms with van der Waals surface area (Å²) in [7, 11) is 0. The van der Waals surface area contributed by atoms with Crippen molar-refractivity contribution in [2.75, 3.05) is 4.90 Å². The van der Waals surface area contributed by atoms with Crippen molar-refractivity contribution in [3.63, 3.8) is 0 Å². The molecule has 0 aliphatic heterocycles. The lowest BCUT2D eigenvalue weighted by molar-refractivity contribution is 0.669. The van der Waals surface area contributed by atoms with E-state index in [0.717, 1.165) is 77.5 Å². The molecular formula is C46H29NO2. The Balaban J connectivity index is 1.17. The number of rotatable bonds is 5. The normalized spacial score (nSPS) is 11.7. The highest BCUT2D eigenvalue weighted by Gasteiger charge is 2.20. The van der Waals surface area contributed by atoms with Crippen LogP contribution in [-0.4, -0.2) is 0 Å². The molecule has 0 amide bonds. The molecule has 8 aromatic carbocycles. The van der Waals surface area contributed by atoms with Crippen LogP contribution in [-0.2, 0) is 0 Å². The van der Waals surface area contributed by atoms with Gasteiger partial charge in [0.2, 0.25) is 0 Å². The summed E-state index contributed by atoms with van der Waals surface area (Å²) in [6, 6.07) is 62.1. The van der Waals surface area contributed by atoms with E-state index in [1.165, 1.54) is 16.5 Å². The minimum absolute atomic E-state index is 0.877. The van der Waals surface area contributed by atoms with Crippen LogP contribution in [0.25, 0.3) is 76.9 Å². The van der Waals surface area contributed by atoms with Gasteiger partial charge < -0.3 is 13.7 Å². The third kappa shape index (κ3) is 4.51. The van der Waals surface area contributed by atoms with E-state index in [4.69, 9.17) is 8.83 Å².